The van der Waals surface area contributed by atoms with E-state index in [1.807, 2.05) is 0 Å². The summed E-state index contributed by atoms with van der Waals surface area (Å²) in [7, 11) is 0. The molecule has 0 aliphatic rings. The molecule has 0 N–H and O–H groups in total. The fraction of sp³-hybridized carbons (Fsp3) is 0. The zero-order valence-electron chi connectivity index (χ0n) is 2.43. The first-order valence-electron chi connectivity index (χ1n) is 0.697. The SMILES string of the molecule is O=C=O.[O]=[Hg]. The number of hydrogen-bond donors (Lipinski definition) is 0. The maximum atomic E-state index is 8.44. The average molecular weight is 261 g/mol. The molecular formula is CHgO3. The molecule has 0 saturated heterocycles. The third-order valence-corrected chi connectivity index (χ3v) is 0. The van der Waals surface area contributed by atoms with Gasteiger partial charge in [-0.25, -0.2) is 0 Å². The summed E-state index contributed by atoms with van der Waals surface area (Å²) in [6, 6.07) is 0. The fourth-order valence-corrected chi connectivity index (χ4v) is 0. The summed E-state index contributed by atoms with van der Waals surface area (Å²) in [6.45, 7) is 0. The monoisotopic (exact) mass is 262 g/mol. The van der Waals surface area contributed by atoms with Crippen LogP contribution in [0.5, 0.6) is 0 Å². The summed E-state index contributed by atoms with van der Waals surface area (Å²) in [5, 5.41) is 0. The first kappa shape index (κ1) is 8.93. The summed E-state index contributed by atoms with van der Waals surface area (Å²) in [5.74, 6) is 0. The van der Waals surface area contributed by atoms with E-state index in [0.29, 0.717) is 0 Å². The Kier molecular flexibility index (Phi) is 57.3. The summed E-state index contributed by atoms with van der Waals surface area (Å²) in [4.78, 5) is 16.2. The van der Waals surface area contributed by atoms with Crippen LogP contribution in [0.15, 0.2) is 0 Å². The van der Waals surface area contributed by atoms with Crippen molar-refractivity contribution < 1.29 is 38.4 Å². The molecule has 0 bridgehead atoms. The molecule has 0 atom stereocenters. The normalized spacial score (nSPS) is 2.80. The van der Waals surface area contributed by atoms with Gasteiger partial charge in [-0.05, 0) is 0 Å². The Morgan fingerprint density at radius 1 is 1.20 bits per heavy atom. The second kappa shape index (κ2) is 32.1. The molecule has 0 aliphatic carbocycles. The van der Waals surface area contributed by atoms with Gasteiger partial charge in [-0.15, -0.1) is 0 Å². The minimum absolute atomic E-state index is 0.222. The number of rotatable bonds is 0. The van der Waals surface area contributed by atoms with Gasteiger partial charge in [0.25, 0.3) is 0 Å². The topological polar surface area (TPSA) is 51.2 Å². The second-order valence-corrected chi connectivity index (χ2v) is 0.0833. The molecule has 0 aliphatic heterocycles. The molecule has 0 saturated carbocycles. The van der Waals surface area contributed by atoms with Crippen LogP contribution in [0.2, 0.25) is 0 Å². The third kappa shape index (κ3) is 1390. The van der Waals surface area contributed by atoms with Crippen molar-refractivity contribution in [3.63, 3.8) is 0 Å². The zero-order valence-corrected chi connectivity index (χ0v) is 7.93. The molecule has 0 radical (unpaired) electrons. The van der Waals surface area contributed by atoms with Crippen molar-refractivity contribution in [2.75, 3.05) is 0 Å². The molecule has 0 fully saturated rings. The Bertz CT molecular complexity index is 36.2. The Morgan fingerprint density at radius 3 is 1.20 bits per heavy atom. The van der Waals surface area contributed by atoms with Crippen molar-refractivity contribution in [3.05, 3.63) is 0 Å². The van der Waals surface area contributed by atoms with Crippen LogP contribution >= 0.6 is 0 Å². The van der Waals surface area contributed by atoms with Gasteiger partial charge in [0.2, 0.25) is 0 Å². The summed E-state index contributed by atoms with van der Waals surface area (Å²) in [5.41, 5.74) is 0. The zero-order chi connectivity index (χ0) is 4.71. The molecule has 0 heterocycles. The van der Waals surface area contributed by atoms with E-state index in [9.17, 15) is 0 Å². The van der Waals surface area contributed by atoms with E-state index in [1.54, 1.807) is 0 Å². The summed E-state index contributed by atoms with van der Waals surface area (Å²) < 4.78 is 8.44. The molecule has 0 rings (SSSR count). The van der Waals surface area contributed by atoms with E-state index in [-0.39, 0.29) is 32.3 Å². The van der Waals surface area contributed by atoms with Crippen LogP contribution in [0.25, 0.3) is 0 Å². The van der Waals surface area contributed by atoms with Gasteiger partial charge in [-0.3, -0.25) is 0 Å². The Labute approximate surface area is 44.8 Å². The van der Waals surface area contributed by atoms with Crippen LogP contribution in [0, 0.1) is 0 Å². The van der Waals surface area contributed by atoms with Gasteiger partial charge in [0, 0.05) is 0 Å². The van der Waals surface area contributed by atoms with Crippen LogP contribution in [-0.2, 0) is 38.4 Å². The maximum absolute atomic E-state index is 8.44. The minimum atomic E-state index is -0.222. The van der Waals surface area contributed by atoms with Gasteiger partial charge in [0.15, 0.2) is 0 Å². The predicted molar refractivity (Wildman–Crippen MR) is 5.69 cm³/mol. The van der Waals surface area contributed by atoms with Crippen molar-refractivity contribution in [3.8, 4) is 0 Å². The molecule has 5 heavy (non-hydrogen) atoms. The Hall–Kier alpha value is 0.115. The van der Waals surface area contributed by atoms with Crippen molar-refractivity contribution in [2.45, 2.75) is 0 Å². The summed E-state index contributed by atoms with van der Waals surface area (Å²) in [6.07, 6.45) is 0.250. The van der Waals surface area contributed by atoms with Crippen molar-refractivity contribution >= 4 is 6.15 Å². The van der Waals surface area contributed by atoms with Gasteiger partial charge >= 0.3 is 34.9 Å². The van der Waals surface area contributed by atoms with Crippen molar-refractivity contribution in [1.82, 2.24) is 0 Å². The average Bonchev–Trinajstić information content (AvgIpc) is 1.46. The predicted octanol–water partition coefficient (Wildman–Crippen LogP) is -0.705. The molecule has 0 aromatic rings. The van der Waals surface area contributed by atoms with Gasteiger partial charge in [-0.1, -0.05) is 0 Å². The van der Waals surface area contributed by atoms with E-state index in [0.717, 1.165) is 0 Å². The van der Waals surface area contributed by atoms with Gasteiger partial charge < -0.3 is 0 Å². The quantitative estimate of drug-likeness (QED) is 0.541. The first-order valence-corrected chi connectivity index (χ1v) is 2.94. The molecular weight excluding hydrogens is 261 g/mol. The van der Waals surface area contributed by atoms with Crippen molar-refractivity contribution in [1.29, 1.82) is 0 Å². The molecule has 0 unspecified atom stereocenters. The Morgan fingerprint density at radius 2 is 1.20 bits per heavy atom. The summed E-state index contributed by atoms with van der Waals surface area (Å²) >= 11 is -0.222. The number of hydrogen-bond acceptors (Lipinski definition) is 3. The molecule has 0 spiro atoms. The molecule has 0 aromatic carbocycles. The van der Waals surface area contributed by atoms with Crippen LogP contribution < -0.4 is 0 Å². The molecule has 24 valence electrons. The second-order valence-electron chi connectivity index (χ2n) is 0.0833. The van der Waals surface area contributed by atoms with E-state index in [1.165, 1.54) is 0 Å². The standard InChI is InChI=1S/CO2.Hg.O/c2-1-3;;. The Balaban J connectivity index is 0. The van der Waals surface area contributed by atoms with Gasteiger partial charge in [0.1, 0.15) is 0 Å². The van der Waals surface area contributed by atoms with E-state index in [2.05, 4.69) is 0 Å². The fourth-order valence-electron chi connectivity index (χ4n) is 0. The van der Waals surface area contributed by atoms with Gasteiger partial charge in [0.05, 0.1) is 0 Å². The van der Waals surface area contributed by atoms with E-state index >= 15 is 0 Å². The molecule has 0 aromatic heterocycles. The van der Waals surface area contributed by atoms with E-state index in [4.69, 9.17) is 12.2 Å². The van der Waals surface area contributed by atoms with Crippen LogP contribution in [0.1, 0.15) is 0 Å². The van der Waals surface area contributed by atoms with Crippen molar-refractivity contribution in [2.24, 2.45) is 0 Å². The van der Waals surface area contributed by atoms with Crippen LogP contribution in [0.4, 0.5) is 0 Å². The third-order valence-electron chi connectivity index (χ3n) is 0. The molecule has 0 amide bonds. The van der Waals surface area contributed by atoms with Crippen LogP contribution in [-0.4, -0.2) is 6.15 Å². The molecule has 4 heteroatoms. The van der Waals surface area contributed by atoms with Gasteiger partial charge in [-0.2, -0.15) is 9.59 Å². The van der Waals surface area contributed by atoms with Crippen LogP contribution in [0.3, 0.4) is 0 Å². The molecule has 3 nitrogen and oxygen atoms in total. The first-order chi connectivity index (χ1) is 2.41. The number of carbonyl (C=O) groups excluding carboxylic acids is 2. The van der Waals surface area contributed by atoms with E-state index < -0.39 is 0 Å².